The molecule has 1 aromatic rings. The molecule has 1 fully saturated rings. The van der Waals surface area contributed by atoms with Gasteiger partial charge in [0.1, 0.15) is 0 Å². The Hall–Kier alpha value is -1.76. The van der Waals surface area contributed by atoms with E-state index in [4.69, 9.17) is 9.84 Å². The molecule has 1 aliphatic heterocycles. The zero-order valence-electron chi connectivity index (χ0n) is 10.8. The van der Waals surface area contributed by atoms with Gasteiger partial charge in [0.25, 0.3) is 0 Å². The first-order chi connectivity index (χ1) is 9.32. The first-order valence-electron chi connectivity index (χ1n) is 6.05. The molecule has 0 aliphatic carbocycles. The van der Waals surface area contributed by atoms with Crippen molar-refractivity contribution in [1.29, 1.82) is 0 Å². The van der Waals surface area contributed by atoms with Crippen LogP contribution >= 0.6 is 0 Å². The van der Waals surface area contributed by atoms with E-state index < -0.39 is 17.7 Å². The van der Waals surface area contributed by atoms with E-state index in [1.54, 1.807) is 4.90 Å². The third kappa shape index (κ3) is 2.87. The smallest absolute Gasteiger partial charge is 0.418 e. The molecular formula is C13H14F3NO3. The summed E-state index contributed by atoms with van der Waals surface area (Å²) in [6.07, 6.45) is -4.05. The lowest BCUT2D eigenvalue weighted by molar-refractivity contribution is -0.137. The molecule has 2 rings (SSSR count). The number of alkyl halides is 3. The summed E-state index contributed by atoms with van der Waals surface area (Å²) in [7, 11) is 1.52. The zero-order valence-corrected chi connectivity index (χ0v) is 10.8. The van der Waals surface area contributed by atoms with Gasteiger partial charge < -0.3 is 14.7 Å². The van der Waals surface area contributed by atoms with Crippen LogP contribution in [0.2, 0.25) is 0 Å². The lowest BCUT2D eigenvalue weighted by atomic mass is 10.1. The number of benzene rings is 1. The molecule has 0 amide bonds. The maximum Gasteiger partial charge on any atom is 0.418 e. The van der Waals surface area contributed by atoms with Gasteiger partial charge in [-0.25, -0.2) is 4.79 Å². The number of halogens is 3. The second kappa shape index (κ2) is 5.32. The highest BCUT2D eigenvalue weighted by Crippen LogP contribution is 2.38. The van der Waals surface area contributed by atoms with Crippen LogP contribution in [0.3, 0.4) is 0 Å². The van der Waals surface area contributed by atoms with E-state index in [0.29, 0.717) is 25.6 Å². The van der Waals surface area contributed by atoms with Crippen LogP contribution in [0.1, 0.15) is 22.3 Å². The molecule has 1 aromatic carbocycles. The summed E-state index contributed by atoms with van der Waals surface area (Å²) in [6.45, 7) is 0.819. The molecule has 0 spiro atoms. The summed E-state index contributed by atoms with van der Waals surface area (Å²) in [4.78, 5) is 12.4. The highest BCUT2D eigenvalue weighted by atomic mass is 19.4. The van der Waals surface area contributed by atoms with E-state index in [9.17, 15) is 18.0 Å². The van der Waals surface area contributed by atoms with Gasteiger partial charge in [-0.15, -0.1) is 0 Å². The summed E-state index contributed by atoms with van der Waals surface area (Å²) < 4.78 is 44.4. The van der Waals surface area contributed by atoms with Gasteiger partial charge in [-0.1, -0.05) is 0 Å². The molecule has 0 aromatic heterocycles. The summed E-state index contributed by atoms with van der Waals surface area (Å²) >= 11 is 0. The van der Waals surface area contributed by atoms with Crippen molar-refractivity contribution < 1.29 is 27.8 Å². The third-order valence-electron chi connectivity index (χ3n) is 3.37. The lowest BCUT2D eigenvalue weighted by Gasteiger charge is -2.23. The van der Waals surface area contributed by atoms with Gasteiger partial charge in [-0.3, -0.25) is 0 Å². The van der Waals surface area contributed by atoms with E-state index in [2.05, 4.69) is 0 Å². The summed E-state index contributed by atoms with van der Waals surface area (Å²) in [5, 5.41) is 8.81. The van der Waals surface area contributed by atoms with E-state index in [1.807, 2.05) is 0 Å². The normalized spacial score (nSPS) is 19.4. The van der Waals surface area contributed by atoms with E-state index in [1.165, 1.54) is 19.2 Å². The van der Waals surface area contributed by atoms with Crippen LogP contribution < -0.4 is 4.90 Å². The number of carboxylic acids is 1. The number of hydrogen-bond acceptors (Lipinski definition) is 3. The van der Waals surface area contributed by atoms with E-state index >= 15 is 0 Å². The predicted octanol–water partition coefficient (Wildman–Crippen LogP) is 2.63. The lowest BCUT2D eigenvalue weighted by Crippen LogP contribution is -2.25. The molecule has 7 heteroatoms. The quantitative estimate of drug-likeness (QED) is 0.929. The first-order valence-corrected chi connectivity index (χ1v) is 6.05. The van der Waals surface area contributed by atoms with Crippen LogP contribution in [0, 0.1) is 0 Å². The van der Waals surface area contributed by atoms with Gasteiger partial charge in [0.15, 0.2) is 0 Å². The molecule has 1 heterocycles. The number of nitrogens with zero attached hydrogens (tertiary/aromatic N) is 1. The highest BCUT2D eigenvalue weighted by Gasteiger charge is 2.37. The average Bonchev–Trinajstić information content (AvgIpc) is 2.85. The Labute approximate surface area is 113 Å². The Morgan fingerprint density at radius 3 is 2.65 bits per heavy atom. The molecule has 0 saturated carbocycles. The molecule has 1 aliphatic rings. The Balaban J connectivity index is 2.40. The van der Waals surface area contributed by atoms with Crippen molar-refractivity contribution in [3.63, 3.8) is 0 Å². The minimum absolute atomic E-state index is 0.00190. The molecule has 0 radical (unpaired) electrons. The van der Waals surface area contributed by atoms with Crippen molar-refractivity contribution in [3.05, 3.63) is 29.3 Å². The van der Waals surface area contributed by atoms with E-state index in [0.717, 1.165) is 0 Å². The summed E-state index contributed by atoms with van der Waals surface area (Å²) in [6, 6.07) is 3.08. The number of anilines is 1. The van der Waals surface area contributed by atoms with Crippen molar-refractivity contribution >= 4 is 11.7 Å². The second-order valence-corrected chi connectivity index (χ2v) is 4.63. The number of carboxylic acid groups (broad SMARTS) is 1. The van der Waals surface area contributed by atoms with Crippen LogP contribution in [0.15, 0.2) is 18.2 Å². The second-order valence-electron chi connectivity index (χ2n) is 4.63. The van der Waals surface area contributed by atoms with Gasteiger partial charge in [0, 0.05) is 25.9 Å². The topological polar surface area (TPSA) is 49.8 Å². The van der Waals surface area contributed by atoms with Gasteiger partial charge in [0.2, 0.25) is 0 Å². The summed E-state index contributed by atoms with van der Waals surface area (Å²) in [5.41, 5.74) is -1.29. The van der Waals surface area contributed by atoms with Crippen LogP contribution in [0.25, 0.3) is 0 Å². The van der Waals surface area contributed by atoms with Crippen molar-refractivity contribution in [2.75, 3.05) is 25.1 Å². The highest BCUT2D eigenvalue weighted by molar-refractivity contribution is 5.88. The summed E-state index contributed by atoms with van der Waals surface area (Å²) in [5.74, 6) is -1.38. The van der Waals surface area contributed by atoms with Gasteiger partial charge in [-0.05, 0) is 24.6 Å². The van der Waals surface area contributed by atoms with Crippen LogP contribution in [-0.4, -0.2) is 37.4 Å². The van der Waals surface area contributed by atoms with Crippen LogP contribution in [0.5, 0.6) is 0 Å². The van der Waals surface area contributed by atoms with Crippen molar-refractivity contribution in [2.24, 2.45) is 0 Å². The first kappa shape index (κ1) is 14.6. The fourth-order valence-corrected chi connectivity index (χ4v) is 2.31. The number of methoxy groups -OCH3 is 1. The third-order valence-corrected chi connectivity index (χ3v) is 3.37. The van der Waals surface area contributed by atoms with Gasteiger partial charge in [-0.2, -0.15) is 13.2 Å². The van der Waals surface area contributed by atoms with Crippen LogP contribution in [-0.2, 0) is 10.9 Å². The van der Waals surface area contributed by atoms with Crippen LogP contribution in [0.4, 0.5) is 18.9 Å². The molecule has 1 saturated heterocycles. The Kier molecular flexibility index (Phi) is 3.89. The minimum atomic E-state index is -4.59. The fraction of sp³-hybridized carbons (Fsp3) is 0.462. The number of carbonyl (C=O) groups is 1. The van der Waals surface area contributed by atoms with E-state index in [-0.39, 0.29) is 17.4 Å². The number of aromatic carboxylic acids is 1. The molecule has 0 bridgehead atoms. The minimum Gasteiger partial charge on any atom is -0.478 e. The van der Waals surface area contributed by atoms with Gasteiger partial charge in [0.05, 0.1) is 17.2 Å². The standard InChI is InChI=1S/C13H14F3NO3/c1-20-9-4-5-17(7-9)11-3-2-8(12(18)19)6-10(11)13(14,15)16/h2-3,6,9H,4-5,7H2,1H3,(H,18,19). The molecule has 1 unspecified atom stereocenters. The molecule has 1 N–H and O–H groups in total. The SMILES string of the molecule is COC1CCN(c2ccc(C(=O)O)cc2C(F)(F)F)C1. The molecule has 20 heavy (non-hydrogen) atoms. The number of ether oxygens (including phenoxy) is 1. The molecular weight excluding hydrogens is 275 g/mol. The Morgan fingerprint density at radius 1 is 1.45 bits per heavy atom. The van der Waals surface area contributed by atoms with Crippen molar-refractivity contribution in [2.45, 2.75) is 18.7 Å². The fourth-order valence-electron chi connectivity index (χ4n) is 2.31. The Morgan fingerprint density at radius 2 is 2.15 bits per heavy atom. The maximum atomic E-state index is 13.1. The molecule has 4 nitrogen and oxygen atoms in total. The largest absolute Gasteiger partial charge is 0.478 e. The van der Waals surface area contributed by atoms with Crippen molar-refractivity contribution in [1.82, 2.24) is 0 Å². The molecule has 110 valence electrons. The predicted molar refractivity (Wildman–Crippen MR) is 66.0 cm³/mol. The van der Waals surface area contributed by atoms with Gasteiger partial charge >= 0.3 is 12.1 Å². The average molecular weight is 289 g/mol. The maximum absolute atomic E-state index is 13.1. The number of rotatable bonds is 3. The zero-order chi connectivity index (χ0) is 14.9. The monoisotopic (exact) mass is 289 g/mol. The molecule has 1 atom stereocenters. The van der Waals surface area contributed by atoms with Crippen molar-refractivity contribution in [3.8, 4) is 0 Å². The number of hydrogen-bond donors (Lipinski definition) is 1. The Bertz CT molecular complexity index is 516.